The number of alkyl halides is 3. The van der Waals surface area contributed by atoms with Gasteiger partial charge in [-0.2, -0.15) is 13.2 Å². The van der Waals surface area contributed by atoms with Gasteiger partial charge in [0.1, 0.15) is 24.5 Å². The zero-order valence-electron chi connectivity index (χ0n) is 15.4. The van der Waals surface area contributed by atoms with Gasteiger partial charge in [0.05, 0.1) is 25.4 Å². The van der Waals surface area contributed by atoms with Gasteiger partial charge in [-0.3, -0.25) is 9.52 Å². The molecule has 1 aromatic rings. The minimum atomic E-state index is -4.51. The number of fused-ring (bicyclic) bond motifs is 3. The molecule has 0 saturated carbocycles. The van der Waals surface area contributed by atoms with Gasteiger partial charge in [0.25, 0.3) is 0 Å². The topological polar surface area (TPSA) is 114 Å². The molecule has 12 heteroatoms. The number of hydrogen-bond donors (Lipinski definition) is 3. The van der Waals surface area contributed by atoms with Crippen molar-refractivity contribution in [3.8, 4) is 5.75 Å². The van der Waals surface area contributed by atoms with E-state index in [-0.39, 0.29) is 18.8 Å². The largest absolute Gasteiger partial charge is 0.487 e. The van der Waals surface area contributed by atoms with Crippen LogP contribution in [0.4, 0.5) is 18.9 Å². The normalized spacial score (nSPS) is 26.2. The van der Waals surface area contributed by atoms with Crippen molar-refractivity contribution in [2.24, 2.45) is 0 Å². The van der Waals surface area contributed by atoms with Gasteiger partial charge in [-0.1, -0.05) is 0 Å². The average molecular weight is 438 g/mol. The second-order valence-electron chi connectivity index (χ2n) is 7.13. The van der Waals surface area contributed by atoms with E-state index in [1.165, 1.54) is 6.07 Å². The number of amides is 1. The van der Waals surface area contributed by atoms with E-state index in [4.69, 9.17) is 9.47 Å². The SMILES string of the molecule is CS(=O)(=O)Nc1ccc2c(c1)[C@@H]1C[C@H](CC(=O)NCC(F)(F)F)O[C@@H](CO)[C@@H]1O2. The van der Waals surface area contributed by atoms with E-state index >= 15 is 0 Å². The Balaban J connectivity index is 1.74. The number of ether oxygens (including phenoxy) is 2. The maximum Gasteiger partial charge on any atom is 0.405 e. The van der Waals surface area contributed by atoms with E-state index in [0.717, 1.165) is 6.26 Å². The van der Waals surface area contributed by atoms with Crippen molar-refractivity contribution in [2.75, 3.05) is 24.1 Å². The van der Waals surface area contributed by atoms with Gasteiger partial charge in [-0.25, -0.2) is 8.42 Å². The highest BCUT2D eigenvalue weighted by atomic mass is 32.2. The first-order valence-electron chi connectivity index (χ1n) is 8.83. The summed E-state index contributed by atoms with van der Waals surface area (Å²) in [6, 6.07) is 4.75. The van der Waals surface area contributed by atoms with E-state index < -0.39 is 53.6 Å². The first-order chi connectivity index (χ1) is 13.4. The molecule has 0 spiro atoms. The van der Waals surface area contributed by atoms with Gasteiger partial charge in [-0.05, 0) is 24.6 Å². The van der Waals surface area contributed by atoms with Crippen molar-refractivity contribution >= 4 is 21.6 Å². The monoisotopic (exact) mass is 438 g/mol. The van der Waals surface area contributed by atoms with Gasteiger partial charge in [0, 0.05) is 17.2 Å². The second kappa shape index (κ2) is 8.00. The molecule has 2 aliphatic rings. The standard InChI is InChI=1S/C17H21F3N2O6S/c1-29(25,26)22-9-2-3-13-11(4-9)12-5-10(27-14(7-23)16(12)28-13)6-15(24)21-8-17(18,19)20/h2-4,10,12,14,16,22-23H,5-8H2,1H3,(H,21,24)/t10-,12+,14+,16-/m1/s1. The molecule has 2 aliphatic heterocycles. The molecule has 0 bridgehead atoms. The Bertz CT molecular complexity index is 876. The number of nitrogens with one attached hydrogen (secondary N) is 2. The fourth-order valence-corrected chi connectivity index (χ4v) is 4.20. The average Bonchev–Trinajstić information content (AvgIpc) is 2.95. The van der Waals surface area contributed by atoms with Crippen molar-refractivity contribution in [2.45, 2.75) is 43.2 Å². The summed E-state index contributed by atoms with van der Waals surface area (Å²) in [5, 5.41) is 11.4. The molecule has 3 N–H and O–H groups in total. The Morgan fingerprint density at radius 1 is 1.34 bits per heavy atom. The third-order valence-electron chi connectivity index (χ3n) is 4.70. The Kier molecular flexibility index (Phi) is 5.97. The van der Waals surface area contributed by atoms with Crippen LogP contribution < -0.4 is 14.8 Å². The highest BCUT2D eigenvalue weighted by molar-refractivity contribution is 7.92. The van der Waals surface area contributed by atoms with Crippen LogP contribution in [0.1, 0.15) is 24.3 Å². The van der Waals surface area contributed by atoms with Crippen molar-refractivity contribution < 1.29 is 41.0 Å². The van der Waals surface area contributed by atoms with Crippen LogP contribution in [0.5, 0.6) is 5.75 Å². The summed E-state index contributed by atoms with van der Waals surface area (Å²) in [7, 11) is -3.48. The summed E-state index contributed by atoms with van der Waals surface area (Å²) < 4.78 is 73.6. The number of hydrogen-bond acceptors (Lipinski definition) is 6. The van der Waals surface area contributed by atoms with E-state index in [1.54, 1.807) is 17.4 Å². The van der Waals surface area contributed by atoms with Crippen LogP contribution in [0, 0.1) is 0 Å². The number of sulfonamides is 1. The molecule has 0 aliphatic carbocycles. The van der Waals surface area contributed by atoms with Gasteiger partial charge in [-0.15, -0.1) is 0 Å². The van der Waals surface area contributed by atoms with E-state index in [9.17, 15) is 31.5 Å². The molecular formula is C17H21F3N2O6S. The molecule has 1 amide bonds. The first kappa shape index (κ1) is 21.7. The molecule has 1 fully saturated rings. The van der Waals surface area contributed by atoms with Crippen LogP contribution in [0.25, 0.3) is 0 Å². The van der Waals surface area contributed by atoms with Gasteiger partial charge in [0.15, 0.2) is 0 Å². The van der Waals surface area contributed by atoms with E-state index in [1.807, 2.05) is 0 Å². The lowest BCUT2D eigenvalue weighted by Gasteiger charge is -2.37. The molecule has 162 valence electrons. The van der Waals surface area contributed by atoms with Crippen molar-refractivity contribution in [1.29, 1.82) is 0 Å². The van der Waals surface area contributed by atoms with Crippen molar-refractivity contribution in [3.05, 3.63) is 23.8 Å². The highest BCUT2D eigenvalue weighted by Gasteiger charge is 2.46. The summed E-state index contributed by atoms with van der Waals surface area (Å²) in [4.78, 5) is 11.8. The predicted molar refractivity (Wildman–Crippen MR) is 96.1 cm³/mol. The highest BCUT2D eigenvalue weighted by Crippen LogP contribution is 2.47. The van der Waals surface area contributed by atoms with Crippen LogP contribution in [0.15, 0.2) is 18.2 Å². The predicted octanol–water partition coefficient (Wildman–Crippen LogP) is 1.12. The molecule has 0 radical (unpaired) electrons. The molecule has 0 unspecified atom stereocenters. The van der Waals surface area contributed by atoms with Crippen LogP contribution >= 0.6 is 0 Å². The Hall–Kier alpha value is -2.05. The molecule has 1 saturated heterocycles. The second-order valence-corrected chi connectivity index (χ2v) is 8.88. The number of anilines is 1. The lowest BCUT2D eigenvalue weighted by Crippen LogP contribution is -2.47. The number of aliphatic hydroxyl groups is 1. The van der Waals surface area contributed by atoms with Gasteiger partial charge >= 0.3 is 6.18 Å². The number of carbonyl (C=O) groups is 1. The molecule has 1 aromatic carbocycles. The zero-order chi connectivity index (χ0) is 21.4. The lowest BCUT2D eigenvalue weighted by atomic mass is 9.84. The maximum atomic E-state index is 12.3. The number of rotatable bonds is 6. The Morgan fingerprint density at radius 3 is 2.69 bits per heavy atom. The number of aliphatic hydroxyl groups excluding tert-OH is 1. The number of carbonyl (C=O) groups excluding carboxylic acids is 1. The zero-order valence-corrected chi connectivity index (χ0v) is 16.2. The fourth-order valence-electron chi connectivity index (χ4n) is 3.64. The van der Waals surface area contributed by atoms with Gasteiger partial charge in [0.2, 0.25) is 15.9 Å². The van der Waals surface area contributed by atoms with Crippen LogP contribution in [-0.2, 0) is 19.6 Å². The summed E-state index contributed by atoms with van der Waals surface area (Å²) >= 11 is 0. The molecule has 0 aromatic heterocycles. The molecular weight excluding hydrogens is 417 g/mol. The van der Waals surface area contributed by atoms with Crippen molar-refractivity contribution in [1.82, 2.24) is 5.32 Å². The molecule has 29 heavy (non-hydrogen) atoms. The van der Waals surface area contributed by atoms with E-state index in [0.29, 0.717) is 17.0 Å². The van der Waals surface area contributed by atoms with E-state index in [2.05, 4.69) is 4.72 Å². The molecule has 8 nitrogen and oxygen atoms in total. The third kappa shape index (κ3) is 5.52. The number of halogens is 3. The quantitative estimate of drug-likeness (QED) is 0.614. The molecule has 2 heterocycles. The molecule has 3 rings (SSSR count). The smallest absolute Gasteiger partial charge is 0.405 e. The van der Waals surface area contributed by atoms with Crippen LogP contribution in [-0.4, -0.2) is 63.3 Å². The summed E-state index contributed by atoms with van der Waals surface area (Å²) in [6.07, 6.45) is -5.55. The minimum absolute atomic E-state index is 0.274. The minimum Gasteiger partial charge on any atom is -0.487 e. The lowest BCUT2D eigenvalue weighted by molar-refractivity contribution is -0.149. The van der Waals surface area contributed by atoms with Crippen molar-refractivity contribution in [3.63, 3.8) is 0 Å². The Labute approximate surface area is 165 Å². The maximum absolute atomic E-state index is 12.3. The number of benzene rings is 1. The third-order valence-corrected chi connectivity index (χ3v) is 5.31. The van der Waals surface area contributed by atoms with Crippen LogP contribution in [0.3, 0.4) is 0 Å². The van der Waals surface area contributed by atoms with Gasteiger partial charge < -0.3 is 19.9 Å². The summed E-state index contributed by atoms with van der Waals surface area (Å²) in [6.45, 7) is -1.83. The fraction of sp³-hybridized carbons (Fsp3) is 0.588. The van der Waals surface area contributed by atoms with Crippen LogP contribution in [0.2, 0.25) is 0 Å². The molecule has 4 atom stereocenters. The Morgan fingerprint density at radius 2 is 2.07 bits per heavy atom. The summed E-state index contributed by atoms with van der Waals surface area (Å²) in [5.41, 5.74) is 1.02. The first-order valence-corrected chi connectivity index (χ1v) is 10.7. The summed E-state index contributed by atoms with van der Waals surface area (Å²) in [5.74, 6) is -0.616.